The number of ether oxygens (including phenoxy) is 1. The molecule has 6 nitrogen and oxygen atoms in total. The van der Waals surface area contributed by atoms with Gasteiger partial charge in [0.2, 0.25) is 0 Å². The number of rotatable bonds is 3. The van der Waals surface area contributed by atoms with Crippen molar-refractivity contribution in [1.82, 2.24) is 4.98 Å². The summed E-state index contributed by atoms with van der Waals surface area (Å²) in [5.74, 6) is 0.191. The highest BCUT2D eigenvalue weighted by Gasteiger charge is 2.16. The first kappa shape index (κ1) is 10.9. The SMILES string of the molecule is O=[N+]([O-])c1cccnc1Oc1cccc(O)c1. The molecule has 1 heterocycles. The summed E-state index contributed by atoms with van der Waals surface area (Å²) in [5.41, 5.74) is -0.226. The van der Waals surface area contributed by atoms with Gasteiger partial charge in [-0.25, -0.2) is 4.98 Å². The average Bonchev–Trinajstić information content (AvgIpc) is 2.29. The van der Waals surface area contributed by atoms with Crippen LogP contribution in [-0.2, 0) is 0 Å². The molecule has 0 saturated heterocycles. The van der Waals surface area contributed by atoms with Crippen molar-refractivity contribution >= 4 is 5.69 Å². The maximum absolute atomic E-state index is 10.7. The number of aromatic hydroxyl groups is 1. The predicted molar refractivity (Wildman–Crippen MR) is 59.1 cm³/mol. The second-order valence-electron chi connectivity index (χ2n) is 3.18. The van der Waals surface area contributed by atoms with Crippen molar-refractivity contribution in [2.45, 2.75) is 0 Å². The van der Waals surface area contributed by atoms with Crippen molar-refractivity contribution in [2.24, 2.45) is 0 Å². The van der Waals surface area contributed by atoms with Gasteiger partial charge in [0.1, 0.15) is 11.5 Å². The Labute approximate surface area is 96.3 Å². The van der Waals surface area contributed by atoms with Crippen molar-refractivity contribution in [1.29, 1.82) is 0 Å². The molecule has 0 unspecified atom stereocenters. The smallest absolute Gasteiger partial charge is 0.331 e. The Bertz CT molecular complexity index is 557. The van der Waals surface area contributed by atoms with Gasteiger partial charge < -0.3 is 9.84 Å². The zero-order valence-corrected chi connectivity index (χ0v) is 8.61. The van der Waals surface area contributed by atoms with Crippen molar-refractivity contribution in [3.05, 3.63) is 52.7 Å². The van der Waals surface area contributed by atoms with Crippen LogP contribution in [0, 0.1) is 10.1 Å². The van der Waals surface area contributed by atoms with Crippen LogP contribution in [0.3, 0.4) is 0 Å². The lowest BCUT2D eigenvalue weighted by Crippen LogP contribution is -1.95. The van der Waals surface area contributed by atoms with Crippen LogP contribution in [0.15, 0.2) is 42.6 Å². The molecule has 0 radical (unpaired) electrons. The molecule has 0 fully saturated rings. The molecular formula is C11H8N2O4. The Kier molecular flexibility index (Phi) is 2.87. The Balaban J connectivity index is 2.33. The van der Waals surface area contributed by atoms with E-state index < -0.39 is 4.92 Å². The first-order valence-corrected chi connectivity index (χ1v) is 4.73. The Morgan fingerprint density at radius 1 is 1.29 bits per heavy atom. The molecule has 0 saturated carbocycles. The van der Waals surface area contributed by atoms with E-state index >= 15 is 0 Å². The topological polar surface area (TPSA) is 85.5 Å². The van der Waals surface area contributed by atoms with Gasteiger partial charge in [-0.2, -0.15) is 0 Å². The highest BCUT2D eigenvalue weighted by Crippen LogP contribution is 2.29. The zero-order chi connectivity index (χ0) is 12.3. The minimum absolute atomic E-state index is 0.0149. The third kappa shape index (κ3) is 2.49. The highest BCUT2D eigenvalue weighted by atomic mass is 16.6. The molecule has 0 spiro atoms. The summed E-state index contributed by atoms with van der Waals surface area (Å²) in [6, 6.07) is 8.70. The van der Waals surface area contributed by atoms with Gasteiger partial charge in [-0.05, 0) is 18.2 Å². The van der Waals surface area contributed by atoms with Gasteiger partial charge in [0.15, 0.2) is 0 Å². The number of hydrogen-bond acceptors (Lipinski definition) is 5. The van der Waals surface area contributed by atoms with Crippen LogP contribution >= 0.6 is 0 Å². The molecule has 6 heteroatoms. The fourth-order valence-corrected chi connectivity index (χ4v) is 1.26. The van der Waals surface area contributed by atoms with Crippen molar-refractivity contribution in [2.75, 3.05) is 0 Å². The summed E-state index contributed by atoms with van der Waals surface area (Å²) < 4.78 is 5.24. The lowest BCUT2D eigenvalue weighted by atomic mass is 10.3. The summed E-state index contributed by atoms with van der Waals surface area (Å²) in [4.78, 5) is 13.9. The standard InChI is InChI=1S/C11H8N2O4/c14-8-3-1-4-9(7-8)17-11-10(13(15)16)5-2-6-12-11/h1-7,14H. The summed E-state index contributed by atoms with van der Waals surface area (Å²) >= 11 is 0. The van der Waals surface area contributed by atoms with Crippen LogP contribution in [0.5, 0.6) is 17.4 Å². The van der Waals surface area contributed by atoms with Crippen molar-refractivity contribution in [3.63, 3.8) is 0 Å². The Morgan fingerprint density at radius 3 is 2.82 bits per heavy atom. The molecule has 0 aliphatic heterocycles. The molecule has 1 aromatic heterocycles. The third-order valence-electron chi connectivity index (χ3n) is 1.98. The van der Waals surface area contributed by atoms with Gasteiger partial charge in [-0.3, -0.25) is 10.1 Å². The molecular weight excluding hydrogens is 224 g/mol. The van der Waals surface area contributed by atoms with Crippen LogP contribution in [0.25, 0.3) is 0 Å². The minimum Gasteiger partial charge on any atom is -0.508 e. The molecule has 1 aromatic carbocycles. The molecule has 1 N–H and O–H groups in total. The van der Waals surface area contributed by atoms with E-state index in [1.807, 2.05) is 0 Å². The molecule has 2 rings (SSSR count). The molecule has 86 valence electrons. The third-order valence-corrected chi connectivity index (χ3v) is 1.98. The highest BCUT2D eigenvalue weighted by molar-refractivity contribution is 5.43. The summed E-state index contributed by atoms with van der Waals surface area (Å²) in [6.45, 7) is 0. The lowest BCUT2D eigenvalue weighted by Gasteiger charge is -2.04. The summed E-state index contributed by atoms with van der Waals surface area (Å²) in [7, 11) is 0. The van der Waals surface area contributed by atoms with E-state index in [1.54, 1.807) is 12.1 Å². The first-order valence-electron chi connectivity index (χ1n) is 4.73. The maximum atomic E-state index is 10.7. The largest absolute Gasteiger partial charge is 0.508 e. The predicted octanol–water partition coefficient (Wildman–Crippen LogP) is 2.49. The number of phenols is 1. The van der Waals surface area contributed by atoms with E-state index in [0.717, 1.165) is 0 Å². The maximum Gasteiger partial charge on any atom is 0.331 e. The van der Waals surface area contributed by atoms with Gasteiger partial charge in [0.05, 0.1) is 4.92 Å². The van der Waals surface area contributed by atoms with E-state index in [2.05, 4.69) is 4.98 Å². The zero-order valence-electron chi connectivity index (χ0n) is 8.61. The molecule has 0 atom stereocenters. The second kappa shape index (κ2) is 4.48. The van der Waals surface area contributed by atoms with Crippen LogP contribution in [0.2, 0.25) is 0 Å². The molecule has 0 amide bonds. The van der Waals surface area contributed by atoms with Crippen LogP contribution in [-0.4, -0.2) is 15.0 Å². The van der Waals surface area contributed by atoms with Crippen molar-refractivity contribution < 1.29 is 14.8 Å². The van der Waals surface area contributed by atoms with Gasteiger partial charge in [-0.1, -0.05) is 6.07 Å². The van der Waals surface area contributed by atoms with Gasteiger partial charge in [0.25, 0.3) is 5.88 Å². The number of phenolic OH excluding ortho intramolecular Hbond substituents is 1. The fourth-order valence-electron chi connectivity index (χ4n) is 1.26. The van der Waals surface area contributed by atoms with E-state index in [-0.39, 0.29) is 23.1 Å². The Hall–Kier alpha value is -2.63. The van der Waals surface area contributed by atoms with Crippen LogP contribution < -0.4 is 4.74 Å². The first-order chi connectivity index (χ1) is 8.16. The van der Waals surface area contributed by atoms with Gasteiger partial charge in [0, 0.05) is 18.3 Å². The van der Waals surface area contributed by atoms with E-state index in [4.69, 9.17) is 4.74 Å². The van der Waals surface area contributed by atoms with E-state index in [9.17, 15) is 15.2 Å². The molecule has 0 aliphatic carbocycles. The van der Waals surface area contributed by atoms with Crippen molar-refractivity contribution in [3.8, 4) is 17.4 Å². The van der Waals surface area contributed by atoms with E-state index in [0.29, 0.717) is 0 Å². The molecule has 0 bridgehead atoms. The number of hydrogen-bond donors (Lipinski definition) is 1. The van der Waals surface area contributed by atoms with E-state index in [1.165, 1.54) is 30.5 Å². The molecule has 17 heavy (non-hydrogen) atoms. The number of aromatic nitrogens is 1. The summed E-state index contributed by atoms with van der Waals surface area (Å²) in [6.07, 6.45) is 1.39. The number of benzene rings is 1. The number of nitrogens with zero attached hydrogens (tertiary/aromatic N) is 2. The second-order valence-corrected chi connectivity index (χ2v) is 3.18. The quantitative estimate of drug-likeness (QED) is 0.649. The van der Waals surface area contributed by atoms with Crippen LogP contribution in [0.4, 0.5) is 5.69 Å². The number of pyridine rings is 1. The minimum atomic E-state index is -0.578. The molecule has 2 aromatic rings. The van der Waals surface area contributed by atoms with Gasteiger partial charge >= 0.3 is 5.69 Å². The van der Waals surface area contributed by atoms with Crippen LogP contribution in [0.1, 0.15) is 0 Å². The number of nitro groups is 1. The Morgan fingerprint density at radius 2 is 2.12 bits per heavy atom. The lowest BCUT2D eigenvalue weighted by molar-refractivity contribution is -0.386. The average molecular weight is 232 g/mol. The monoisotopic (exact) mass is 232 g/mol. The fraction of sp³-hybridized carbons (Fsp3) is 0. The normalized spacial score (nSPS) is 9.88. The van der Waals surface area contributed by atoms with Gasteiger partial charge in [-0.15, -0.1) is 0 Å². The summed E-state index contributed by atoms with van der Waals surface area (Å²) in [5, 5.41) is 20.0. The molecule has 0 aliphatic rings.